The number of nitrogens with two attached hydrogens (primary N) is 1. The van der Waals surface area contributed by atoms with Gasteiger partial charge < -0.3 is 15.4 Å². The number of fused-ring (bicyclic) bond motifs is 1. The van der Waals surface area contributed by atoms with Crippen molar-refractivity contribution in [3.63, 3.8) is 0 Å². The van der Waals surface area contributed by atoms with Crippen molar-refractivity contribution in [3.8, 4) is 5.75 Å². The molecule has 0 saturated heterocycles. The summed E-state index contributed by atoms with van der Waals surface area (Å²) in [7, 11) is 0. The number of hydrogen-bond donors (Lipinski definition) is 1. The second kappa shape index (κ2) is 5.92. The largest absolute Gasteiger partial charge is 0.476 e. The number of carbonyl (C=O) groups is 1. The van der Waals surface area contributed by atoms with Gasteiger partial charge in [-0.1, -0.05) is 33.8 Å². The summed E-state index contributed by atoms with van der Waals surface area (Å²) < 4.78 is 5.91. The van der Waals surface area contributed by atoms with Gasteiger partial charge in [-0.25, -0.2) is 0 Å². The van der Waals surface area contributed by atoms with Gasteiger partial charge in [0.25, 0.3) is 5.91 Å². The van der Waals surface area contributed by atoms with Crippen LogP contribution in [-0.2, 0) is 4.79 Å². The highest BCUT2D eigenvalue weighted by molar-refractivity contribution is 6.02. The van der Waals surface area contributed by atoms with Crippen LogP contribution in [0, 0.1) is 11.8 Å². The summed E-state index contributed by atoms with van der Waals surface area (Å²) in [5.74, 6) is 1.48. The second-order valence-electron chi connectivity index (χ2n) is 7.42. The highest BCUT2D eigenvalue weighted by Gasteiger charge is 2.41. The maximum atomic E-state index is 12.7. The topological polar surface area (TPSA) is 55.6 Å². The first-order valence-electron chi connectivity index (χ1n) is 8.04. The first kappa shape index (κ1) is 16.8. The van der Waals surface area contributed by atoms with Crippen LogP contribution in [0.15, 0.2) is 18.2 Å². The van der Waals surface area contributed by atoms with Gasteiger partial charge in [0, 0.05) is 12.6 Å². The minimum absolute atomic E-state index is 0.00367. The van der Waals surface area contributed by atoms with E-state index < -0.39 is 5.60 Å². The Morgan fingerprint density at radius 2 is 1.86 bits per heavy atom. The monoisotopic (exact) mass is 304 g/mol. The van der Waals surface area contributed by atoms with Gasteiger partial charge in [-0.3, -0.25) is 4.79 Å². The molecule has 1 aliphatic rings. The molecule has 0 fully saturated rings. The van der Waals surface area contributed by atoms with E-state index in [0.29, 0.717) is 18.4 Å². The highest BCUT2D eigenvalue weighted by atomic mass is 16.5. The Bertz CT molecular complexity index is 564. The number of benzene rings is 1. The molecule has 1 unspecified atom stereocenters. The van der Waals surface area contributed by atoms with Gasteiger partial charge in [0.2, 0.25) is 0 Å². The predicted octanol–water partition coefficient (Wildman–Crippen LogP) is 3.50. The molecule has 1 aromatic rings. The van der Waals surface area contributed by atoms with Crippen LogP contribution in [0.4, 0.5) is 5.69 Å². The Balaban J connectivity index is 2.48. The lowest BCUT2D eigenvalue weighted by Gasteiger charge is -2.40. The van der Waals surface area contributed by atoms with Crippen molar-refractivity contribution in [2.75, 3.05) is 11.4 Å². The lowest BCUT2D eigenvalue weighted by atomic mass is 9.94. The first-order chi connectivity index (χ1) is 10.1. The van der Waals surface area contributed by atoms with Gasteiger partial charge in [-0.2, -0.15) is 0 Å². The summed E-state index contributed by atoms with van der Waals surface area (Å²) in [6.45, 7) is 12.7. The normalized spacial score (nSPS) is 18.4. The predicted molar refractivity (Wildman–Crippen MR) is 90.1 cm³/mol. The van der Waals surface area contributed by atoms with E-state index in [0.717, 1.165) is 17.0 Å². The van der Waals surface area contributed by atoms with Gasteiger partial charge in [0.15, 0.2) is 5.60 Å². The molecule has 122 valence electrons. The number of nitrogens with zero attached hydrogens (tertiary/aromatic N) is 1. The van der Waals surface area contributed by atoms with E-state index in [2.05, 4.69) is 27.7 Å². The molecule has 0 saturated carbocycles. The zero-order valence-electron chi connectivity index (χ0n) is 14.5. The van der Waals surface area contributed by atoms with Crippen molar-refractivity contribution in [1.29, 1.82) is 0 Å². The molecule has 4 heteroatoms. The van der Waals surface area contributed by atoms with E-state index in [1.807, 2.05) is 36.9 Å². The molecule has 0 bridgehead atoms. The first-order valence-corrected chi connectivity index (χ1v) is 8.04. The fourth-order valence-corrected chi connectivity index (χ4v) is 2.72. The molecule has 1 heterocycles. The summed E-state index contributed by atoms with van der Waals surface area (Å²) in [4.78, 5) is 14.6. The van der Waals surface area contributed by atoms with Crippen LogP contribution in [0.1, 0.15) is 53.1 Å². The van der Waals surface area contributed by atoms with Gasteiger partial charge in [0.05, 0.1) is 5.69 Å². The second-order valence-corrected chi connectivity index (χ2v) is 7.42. The van der Waals surface area contributed by atoms with Gasteiger partial charge in [-0.15, -0.1) is 0 Å². The molecule has 0 aromatic heterocycles. The Kier molecular flexibility index (Phi) is 4.52. The third-order valence-electron chi connectivity index (χ3n) is 4.05. The average molecular weight is 304 g/mol. The van der Waals surface area contributed by atoms with Crippen molar-refractivity contribution in [1.82, 2.24) is 0 Å². The van der Waals surface area contributed by atoms with Crippen molar-refractivity contribution in [2.45, 2.75) is 53.2 Å². The van der Waals surface area contributed by atoms with E-state index in [9.17, 15) is 4.79 Å². The van der Waals surface area contributed by atoms with Crippen molar-refractivity contribution in [2.24, 2.45) is 17.6 Å². The van der Waals surface area contributed by atoms with Crippen LogP contribution in [0.25, 0.3) is 0 Å². The summed E-state index contributed by atoms with van der Waals surface area (Å²) >= 11 is 0. The smallest absolute Gasteiger partial charge is 0.270 e. The molecule has 1 aromatic carbocycles. The van der Waals surface area contributed by atoms with E-state index in [1.165, 1.54) is 0 Å². The molecule has 0 spiro atoms. The number of amides is 1. The van der Waals surface area contributed by atoms with Crippen LogP contribution in [0.3, 0.4) is 0 Å². The lowest BCUT2D eigenvalue weighted by molar-refractivity contribution is -0.132. The van der Waals surface area contributed by atoms with Crippen molar-refractivity contribution in [3.05, 3.63) is 23.8 Å². The molecular weight excluding hydrogens is 276 g/mol. The summed E-state index contributed by atoms with van der Waals surface area (Å²) in [6, 6.07) is 5.91. The highest BCUT2D eigenvalue weighted by Crippen LogP contribution is 2.40. The minimum atomic E-state index is -0.830. The Labute approximate surface area is 133 Å². The molecule has 22 heavy (non-hydrogen) atoms. The molecule has 0 radical (unpaired) electrons. The van der Waals surface area contributed by atoms with Crippen molar-refractivity contribution >= 4 is 11.6 Å². The fraction of sp³-hybridized carbons (Fsp3) is 0.611. The Morgan fingerprint density at radius 3 is 2.41 bits per heavy atom. The fourth-order valence-electron chi connectivity index (χ4n) is 2.72. The quantitative estimate of drug-likeness (QED) is 0.926. The standard InChI is InChI=1S/C18H28N2O2/c1-11(2)10-20-14-9-13(16(19)12(3)4)7-8-15(14)22-18(5,6)17(20)21/h7-9,11-12,16H,10,19H2,1-6H3. The lowest BCUT2D eigenvalue weighted by Crippen LogP contribution is -2.53. The molecule has 2 N–H and O–H groups in total. The average Bonchev–Trinajstić information content (AvgIpc) is 2.42. The number of anilines is 1. The van der Waals surface area contributed by atoms with E-state index in [1.54, 1.807) is 0 Å². The van der Waals surface area contributed by atoms with E-state index in [-0.39, 0.29) is 11.9 Å². The summed E-state index contributed by atoms with van der Waals surface area (Å²) in [5, 5.41) is 0. The van der Waals surface area contributed by atoms with Crippen LogP contribution in [0.2, 0.25) is 0 Å². The molecule has 2 rings (SSSR count). The zero-order valence-corrected chi connectivity index (χ0v) is 14.5. The number of hydrogen-bond acceptors (Lipinski definition) is 3. The van der Waals surface area contributed by atoms with Crippen molar-refractivity contribution < 1.29 is 9.53 Å². The molecule has 1 aliphatic heterocycles. The number of rotatable bonds is 4. The maximum absolute atomic E-state index is 12.7. The summed E-state index contributed by atoms with van der Waals surface area (Å²) in [6.07, 6.45) is 0. The van der Waals surface area contributed by atoms with Crippen LogP contribution >= 0.6 is 0 Å². The maximum Gasteiger partial charge on any atom is 0.270 e. The summed E-state index contributed by atoms with van der Waals surface area (Å²) in [5.41, 5.74) is 7.31. The molecule has 1 amide bonds. The molecule has 4 nitrogen and oxygen atoms in total. The van der Waals surface area contributed by atoms with E-state index >= 15 is 0 Å². The molecule has 0 aliphatic carbocycles. The van der Waals surface area contributed by atoms with Gasteiger partial charge in [-0.05, 0) is 43.4 Å². The van der Waals surface area contributed by atoms with E-state index in [4.69, 9.17) is 10.5 Å². The van der Waals surface area contributed by atoms with Crippen LogP contribution in [0.5, 0.6) is 5.75 Å². The number of ether oxygens (including phenoxy) is 1. The van der Waals surface area contributed by atoms with Crippen LogP contribution < -0.4 is 15.4 Å². The van der Waals surface area contributed by atoms with Crippen LogP contribution in [-0.4, -0.2) is 18.1 Å². The molecule has 1 atom stereocenters. The number of carbonyl (C=O) groups excluding carboxylic acids is 1. The Hall–Kier alpha value is -1.55. The SMILES string of the molecule is CC(C)CN1C(=O)C(C)(C)Oc2ccc(C(N)C(C)C)cc21. The third kappa shape index (κ3) is 3.12. The van der Waals surface area contributed by atoms with Gasteiger partial charge in [0.1, 0.15) is 5.75 Å². The minimum Gasteiger partial charge on any atom is -0.476 e. The third-order valence-corrected chi connectivity index (χ3v) is 4.05. The molecular formula is C18H28N2O2. The van der Waals surface area contributed by atoms with Gasteiger partial charge >= 0.3 is 0 Å². The zero-order chi connectivity index (χ0) is 16.7. The Morgan fingerprint density at radius 1 is 1.23 bits per heavy atom.